The van der Waals surface area contributed by atoms with Gasteiger partial charge in [0.05, 0.1) is 17.9 Å². The standard InChI is InChI=1S/C18H21FN2O2/c19-15-8-3-2-7-14(15)18(22)20-13-16(17-9-6-12-23-17)21-10-4-1-5-11-21/h2-3,6-9,12,16H,1,4-5,10-11,13H2,(H,20,22)/t16-/m0/s1. The highest BCUT2D eigenvalue weighted by atomic mass is 19.1. The van der Waals surface area contributed by atoms with Crippen LogP contribution < -0.4 is 5.32 Å². The molecule has 2 aromatic rings. The van der Waals surface area contributed by atoms with E-state index in [1.165, 1.54) is 18.6 Å². The summed E-state index contributed by atoms with van der Waals surface area (Å²) in [5.74, 6) is -0.0603. The van der Waals surface area contributed by atoms with E-state index in [4.69, 9.17) is 4.42 Å². The fourth-order valence-electron chi connectivity index (χ4n) is 3.05. The van der Waals surface area contributed by atoms with Crippen molar-refractivity contribution in [3.05, 3.63) is 59.8 Å². The zero-order chi connectivity index (χ0) is 16.1. The zero-order valence-corrected chi connectivity index (χ0v) is 13.0. The molecular formula is C18H21FN2O2. The van der Waals surface area contributed by atoms with Crippen molar-refractivity contribution < 1.29 is 13.6 Å². The number of halogens is 1. The van der Waals surface area contributed by atoms with Gasteiger partial charge in [-0.15, -0.1) is 0 Å². The third-order valence-corrected chi connectivity index (χ3v) is 4.28. The Labute approximate surface area is 135 Å². The molecule has 0 spiro atoms. The van der Waals surface area contributed by atoms with Gasteiger partial charge in [0.25, 0.3) is 5.91 Å². The summed E-state index contributed by atoms with van der Waals surface area (Å²) < 4.78 is 19.2. The lowest BCUT2D eigenvalue weighted by Gasteiger charge is -2.33. The predicted octanol–water partition coefficient (Wildman–Crippen LogP) is 3.38. The number of carbonyl (C=O) groups is 1. The van der Waals surface area contributed by atoms with Gasteiger partial charge in [-0.1, -0.05) is 18.6 Å². The fraction of sp³-hybridized carbons (Fsp3) is 0.389. The molecule has 1 fully saturated rings. The van der Waals surface area contributed by atoms with E-state index in [9.17, 15) is 9.18 Å². The first-order valence-corrected chi connectivity index (χ1v) is 8.06. The minimum absolute atomic E-state index is 0.0129. The van der Waals surface area contributed by atoms with Gasteiger partial charge >= 0.3 is 0 Å². The largest absolute Gasteiger partial charge is 0.468 e. The van der Waals surface area contributed by atoms with Crippen LogP contribution in [-0.4, -0.2) is 30.4 Å². The number of nitrogens with zero attached hydrogens (tertiary/aromatic N) is 1. The van der Waals surface area contributed by atoms with Crippen molar-refractivity contribution in [3.8, 4) is 0 Å². The molecule has 122 valence electrons. The Bertz CT molecular complexity index is 636. The molecule has 0 unspecified atom stereocenters. The lowest BCUT2D eigenvalue weighted by atomic mass is 10.1. The molecule has 4 nitrogen and oxygen atoms in total. The maximum Gasteiger partial charge on any atom is 0.254 e. The van der Waals surface area contributed by atoms with E-state index in [0.717, 1.165) is 31.7 Å². The highest BCUT2D eigenvalue weighted by Crippen LogP contribution is 2.24. The highest BCUT2D eigenvalue weighted by Gasteiger charge is 2.25. The number of benzene rings is 1. The molecule has 1 N–H and O–H groups in total. The van der Waals surface area contributed by atoms with Crippen LogP contribution in [0.3, 0.4) is 0 Å². The summed E-state index contributed by atoms with van der Waals surface area (Å²) in [7, 11) is 0. The highest BCUT2D eigenvalue weighted by molar-refractivity contribution is 5.94. The van der Waals surface area contributed by atoms with E-state index in [-0.39, 0.29) is 11.6 Å². The Kier molecular flexibility index (Phi) is 5.08. The summed E-state index contributed by atoms with van der Waals surface area (Å²) in [5, 5.41) is 2.84. The van der Waals surface area contributed by atoms with Crippen molar-refractivity contribution in [2.24, 2.45) is 0 Å². The number of amides is 1. The van der Waals surface area contributed by atoms with Crippen LogP contribution in [0.2, 0.25) is 0 Å². The van der Waals surface area contributed by atoms with Gasteiger partial charge < -0.3 is 9.73 Å². The molecule has 0 bridgehead atoms. The summed E-state index contributed by atoms with van der Waals surface area (Å²) >= 11 is 0. The maximum atomic E-state index is 13.7. The Morgan fingerprint density at radius 1 is 1.17 bits per heavy atom. The lowest BCUT2D eigenvalue weighted by molar-refractivity contribution is 0.0910. The van der Waals surface area contributed by atoms with Crippen LogP contribution in [0.25, 0.3) is 0 Å². The van der Waals surface area contributed by atoms with Crippen LogP contribution in [0.1, 0.15) is 41.4 Å². The summed E-state index contributed by atoms with van der Waals surface area (Å²) in [6.07, 6.45) is 5.19. The van der Waals surface area contributed by atoms with Gasteiger partial charge in [0.1, 0.15) is 11.6 Å². The van der Waals surface area contributed by atoms with Gasteiger partial charge in [-0.25, -0.2) is 4.39 Å². The van der Waals surface area contributed by atoms with Gasteiger partial charge in [-0.2, -0.15) is 0 Å². The minimum atomic E-state index is -0.502. The molecule has 0 saturated carbocycles. The molecule has 5 heteroatoms. The number of hydrogen-bond acceptors (Lipinski definition) is 3. The Morgan fingerprint density at radius 2 is 1.96 bits per heavy atom. The van der Waals surface area contributed by atoms with Crippen molar-refractivity contribution in [3.63, 3.8) is 0 Å². The van der Waals surface area contributed by atoms with Crippen molar-refractivity contribution in [1.29, 1.82) is 0 Å². The van der Waals surface area contributed by atoms with E-state index >= 15 is 0 Å². The van der Waals surface area contributed by atoms with E-state index in [1.54, 1.807) is 18.4 Å². The average molecular weight is 316 g/mol. The SMILES string of the molecule is O=C(NC[C@@H](c1ccco1)N1CCCCC1)c1ccccc1F. The van der Waals surface area contributed by atoms with Crippen LogP contribution in [0.15, 0.2) is 47.1 Å². The van der Waals surface area contributed by atoms with Gasteiger partial charge in [-0.3, -0.25) is 9.69 Å². The number of piperidine rings is 1. The van der Waals surface area contributed by atoms with Crippen molar-refractivity contribution >= 4 is 5.91 Å². The second-order valence-corrected chi connectivity index (χ2v) is 5.82. The van der Waals surface area contributed by atoms with Crippen LogP contribution in [0, 0.1) is 5.82 Å². The van der Waals surface area contributed by atoms with Crippen LogP contribution in [-0.2, 0) is 0 Å². The molecule has 0 aliphatic carbocycles. The lowest BCUT2D eigenvalue weighted by Crippen LogP contribution is -2.40. The van der Waals surface area contributed by atoms with Crippen molar-refractivity contribution in [1.82, 2.24) is 10.2 Å². The monoisotopic (exact) mass is 316 g/mol. The van der Waals surface area contributed by atoms with Crippen molar-refractivity contribution in [2.45, 2.75) is 25.3 Å². The molecule has 1 aliphatic heterocycles. The zero-order valence-electron chi connectivity index (χ0n) is 13.0. The first kappa shape index (κ1) is 15.7. The van der Waals surface area contributed by atoms with Gasteiger partial charge in [-0.05, 0) is 50.2 Å². The summed E-state index contributed by atoms with van der Waals surface area (Å²) in [6.45, 7) is 2.38. The van der Waals surface area contributed by atoms with Gasteiger partial charge in [0.2, 0.25) is 0 Å². The van der Waals surface area contributed by atoms with Gasteiger partial charge in [0.15, 0.2) is 0 Å². The third kappa shape index (κ3) is 3.79. The molecule has 3 rings (SSSR count). The summed E-state index contributed by atoms with van der Waals surface area (Å²) in [6, 6.07) is 9.79. The number of hydrogen-bond donors (Lipinski definition) is 1. The van der Waals surface area contributed by atoms with Crippen LogP contribution >= 0.6 is 0 Å². The second kappa shape index (κ2) is 7.42. The molecule has 23 heavy (non-hydrogen) atoms. The van der Waals surface area contributed by atoms with Crippen molar-refractivity contribution in [2.75, 3.05) is 19.6 Å². The van der Waals surface area contributed by atoms with E-state index in [1.807, 2.05) is 12.1 Å². The summed E-state index contributed by atoms with van der Waals surface area (Å²) in [5.41, 5.74) is 0.0735. The smallest absolute Gasteiger partial charge is 0.254 e. The van der Waals surface area contributed by atoms with E-state index < -0.39 is 11.7 Å². The van der Waals surface area contributed by atoms with Gasteiger partial charge in [0, 0.05) is 6.54 Å². The molecule has 1 atom stereocenters. The first-order valence-electron chi connectivity index (χ1n) is 8.06. The molecule has 1 aliphatic rings. The Hall–Kier alpha value is -2.14. The molecule has 1 amide bonds. The quantitative estimate of drug-likeness (QED) is 0.920. The normalized spacial score (nSPS) is 16.9. The molecule has 2 heterocycles. The number of furan rings is 1. The van der Waals surface area contributed by atoms with E-state index in [0.29, 0.717) is 6.54 Å². The Balaban J connectivity index is 1.69. The first-order chi connectivity index (χ1) is 11.3. The Morgan fingerprint density at radius 3 is 2.65 bits per heavy atom. The average Bonchev–Trinajstić information content (AvgIpc) is 3.10. The molecule has 1 aromatic heterocycles. The summed E-state index contributed by atoms with van der Waals surface area (Å²) in [4.78, 5) is 14.5. The molecule has 0 radical (unpaired) electrons. The molecule has 1 aromatic carbocycles. The maximum absolute atomic E-state index is 13.7. The number of carbonyl (C=O) groups excluding carboxylic acids is 1. The fourth-order valence-corrected chi connectivity index (χ4v) is 3.05. The molecule has 1 saturated heterocycles. The number of likely N-dealkylation sites (tertiary alicyclic amines) is 1. The number of nitrogens with one attached hydrogen (secondary N) is 1. The van der Waals surface area contributed by atoms with E-state index in [2.05, 4.69) is 10.2 Å². The number of rotatable bonds is 5. The second-order valence-electron chi connectivity index (χ2n) is 5.82. The molecular weight excluding hydrogens is 295 g/mol. The van der Waals surface area contributed by atoms with Crippen LogP contribution in [0.5, 0.6) is 0 Å². The predicted molar refractivity (Wildman–Crippen MR) is 85.6 cm³/mol. The van der Waals surface area contributed by atoms with Crippen LogP contribution in [0.4, 0.5) is 4.39 Å². The minimum Gasteiger partial charge on any atom is -0.468 e. The third-order valence-electron chi connectivity index (χ3n) is 4.28. The topological polar surface area (TPSA) is 45.5 Å².